The van der Waals surface area contributed by atoms with E-state index in [-0.39, 0.29) is 18.6 Å². The van der Waals surface area contributed by atoms with Crippen molar-refractivity contribution in [3.8, 4) is 11.5 Å². The summed E-state index contributed by atoms with van der Waals surface area (Å²) in [6.07, 6.45) is 10.6. The number of ether oxygens (including phenoxy) is 3. The van der Waals surface area contributed by atoms with Gasteiger partial charge in [-0.15, -0.1) is 0 Å². The third-order valence-electron chi connectivity index (χ3n) is 8.84. The molecule has 3 aromatic rings. The number of aliphatic hydroxyl groups excluding tert-OH is 1. The third-order valence-corrected chi connectivity index (χ3v) is 8.84. The number of benzene rings is 3. The molecule has 0 unspecified atom stereocenters. The number of nitrogens with zero attached hydrogens (tertiary/aromatic N) is 1. The molecule has 7 nitrogen and oxygen atoms in total. The predicted molar refractivity (Wildman–Crippen MR) is 177 cm³/mol. The van der Waals surface area contributed by atoms with Crippen LogP contribution in [-0.4, -0.2) is 61.7 Å². The number of unbranched alkanes of at least 4 members (excludes halogenated alkanes) is 8. The largest absolute Gasteiger partial charge is 0.497 e. The smallest absolute Gasteiger partial charge is 0.222 e. The van der Waals surface area contributed by atoms with Crippen LogP contribution in [0.4, 0.5) is 0 Å². The maximum absolute atomic E-state index is 13.4. The molecule has 3 aromatic carbocycles. The Labute approximate surface area is 268 Å². The van der Waals surface area contributed by atoms with Crippen molar-refractivity contribution >= 4 is 12.2 Å². The summed E-state index contributed by atoms with van der Waals surface area (Å²) < 4.78 is 18.0. The number of hydrogen-bond acceptors (Lipinski definition) is 6. The van der Waals surface area contributed by atoms with Gasteiger partial charge >= 0.3 is 0 Å². The van der Waals surface area contributed by atoms with Gasteiger partial charge in [0.15, 0.2) is 0 Å². The monoisotopic (exact) mass is 615 g/mol. The topological polar surface area (TPSA) is 85.3 Å². The van der Waals surface area contributed by atoms with Crippen LogP contribution in [0.25, 0.3) is 0 Å². The molecular formula is C38H49NO6. The number of hydrogen-bond donors (Lipinski definition) is 1. The first-order valence-electron chi connectivity index (χ1n) is 16.4. The molecule has 0 aliphatic carbocycles. The van der Waals surface area contributed by atoms with Crippen molar-refractivity contribution < 1.29 is 28.9 Å². The Morgan fingerprint density at radius 1 is 0.778 bits per heavy atom. The van der Waals surface area contributed by atoms with Crippen LogP contribution in [0.2, 0.25) is 0 Å². The van der Waals surface area contributed by atoms with Gasteiger partial charge in [0.1, 0.15) is 23.4 Å². The molecule has 0 spiro atoms. The second-order valence-electron chi connectivity index (χ2n) is 11.9. The molecule has 1 aliphatic rings. The van der Waals surface area contributed by atoms with E-state index in [1.54, 1.807) is 14.2 Å². The van der Waals surface area contributed by atoms with Gasteiger partial charge in [0.2, 0.25) is 5.91 Å². The molecule has 1 N–H and O–H groups in total. The van der Waals surface area contributed by atoms with Crippen LogP contribution in [0.3, 0.4) is 0 Å². The highest BCUT2D eigenvalue weighted by Gasteiger charge is 2.41. The van der Waals surface area contributed by atoms with Gasteiger partial charge in [-0.2, -0.15) is 0 Å². The summed E-state index contributed by atoms with van der Waals surface area (Å²) in [6.45, 7) is 0.594. The number of rotatable bonds is 19. The standard InChI is InChI=1S/C38H49NO6/c1-43-35-22-18-31(19-23-35)38(30-15-11-10-12-16-30,32-20-24-36(44-2)25-21-32)45-29-33-27-34(41)28-39(33)37(42)17-13-8-6-4-3-5-7-9-14-26-40/h10-12,15-16,18-26,33-34,41H,3-9,13-14,17,27-29H2,1-2H3/t33-,34+/m0/s1. The lowest BCUT2D eigenvalue weighted by atomic mass is 9.80. The van der Waals surface area contributed by atoms with Crippen LogP contribution in [-0.2, 0) is 19.9 Å². The number of β-amino-alcohol motifs (C(OH)–C–C–N with tert-alkyl or cyclic N) is 1. The summed E-state index contributed by atoms with van der Waals surface area (Å²) in [7, 11) is 3.30. The van der Waals surface area contributed by atoms with Crippen LogP contribution < -0.4 is 9.47 Å². The highest BCUT2D eigenvalue weighted by Crippen LogP contribution is 2.42. The van der Waals surface area contributed by atoms with Crippen molar-refractivity contribution in [1.29, 1.82) is 0 Å². The van der Waals surface area contributed by atoms with E-state index in [1.807, 2.05) is 71.6 Å². The average molecular weight is 616 g/mol. The van der Waals surface area contributed by atoms with E-state index in [4.69, 9.17) is 14.2 Å². The van der Waals surface area contributed by atoms with Gasteiger partial charge in [-0.25, -0.2) is 0 Å². The molecule has 2 atom stereocenters. The second-order valence-corrected chi connectivity index (χ2v) is 11.9. The van der Waals surface area contributed by atoms with E-state index < -0.39 is 11.7 Å². The Morgan fingerprint density at radius 3 is 1.82 bits per heavy atom. The zero-order valence-corrected chi connectivity index (χ0v) is 26.9. The molecule has 0 radical (unpaired) electrons. The lowest BCUT2D eigenvalue weighted by molar-refractivity contribution is -0.134. The lowest BCUT2D eigenvalue weighted by Crippen LogP contribution is -2.42. The molecule has 4 rings (SSSR count). The normalized spacial score (nSPS) is 16.5. The number of carbonyl (C=O) groups excluding carboxylic acids is 2. The van der Waals surface area contributed by atoms with E-state index in [9.17, 15) is 14.7 Å². The average Bonchev–Trinajstić information content (AvgIpc) is 3.47. The number of aliphatic hydroxyl groups is 1. The lowest BCUT2D eigenvalue weighted by Gasteiger charge is -2.38. The van der Waals surface area contributed by atoms with Gasteiger partial charge in [-0.1, -0.05) is 93.1 Å². The van der Waals surface area contributed by atoms with Gasteiger partial charge in [-0.05, 0) is 60.2 Å². The zero-order chi connectivity index (χ0) is 31.9. The van der Waals surface area contributed by atoms with Crippen LogP contribution >= 0.6 is 0 Å². The van der Waals surface area contributed by atoms with E-state index in [2.05, 4.69) is 12.1 Å². The van der Waals surface area contributed by atoms with E-state index >= 15 is 0 Å². The fourth-order valence-corrected chi connectivity index (χ4v) is 6.36. The van der Waals surface area contributed by atoms with E-state index in [0.717, 1.165) is 79.4 Å². The van der Waals surface area contributed by atoms with Crippen LogP contribution in [0.5, 0.6) is 11.5 Å². The summed E-state index contributed by atoms with van der Waals surface area (Å²) in [6, 6.07) is 25.7. The fourth-order valence-electron chi connectivity index (χ4n) is 6.36. The quantitative estimate of drug-likeness (QED) is 0.0882. The van der Waals surface area contributed by atoms with Crippen molar-refractivity contribution in [3.63, 3.8) is 0 Å². The summed E-state index contributed by atoms with van der Waals surface area (Å²) in [5, 5.41) is 10.7. The maximum atomic E-state index is 13.4. The summed E-state index contributed by atoms with van der Waals surface area (Å²) >= 11 is 0. The molecular weight excluding hydrogens is 566 g/mol. The molecule has 7 heteroatoms. The first-order valence-corrected chi connectivity index (χ1v) is 16.4. The highest BCUT2D eigenvalue weighted by molar-refractivity contribution is 5.77. The second kappa shape index (κ2) is 17.7. The SMILES string of the molecule is COc1ccc(C(OC[C@@H]2C[C@@H](O)CN2C(=O)CCCCCCCCCCC=O)(c2ccccc2)c2ccc(OC)cc2)cc1. The number of amides is 1. The Bertz CT molecular complexity index is 1250. The molecule has 1 heterocycles. The minimum Gasteiger partial charge on any atom is -0.497 e. The van der Waals surface area contributed by atoms with Crippen molar-refractivity contribution in [2.45, 2.75) is 88.4 Å². The predicted octanol–water partition coefficient (Wildman–Crippen LogP) is 7.07. The summed E-state index contributed by atoms with van der Waals surface area (Å²) in [4.78, 5) is 25.7. The van der Waals surface area contributed by atoms with Gasteiger partial charge in [0, 0.05) is 19.4 Å². The number of carbonyl (C=O) groups is 2. The summed E-state index contributed by atoms with van der Waals surface area (Å²) in [5.74, 6) is 1.58. The molecule has 0 aromatic heterocycles. The Hall–Kier alpha value is -3.68. The third kappa shape index (κ3) is 9.18. The van der Waals surface area contributed by atoms with Crippen molar-refractivity contribution in [2.75, 3.05) is 27.4 Å². The molecule has 1 amide bonds. The van der Waals surface area contributed by atoms with Crippen LogP contribution in [0.15, 0.2) is 78.9 Å². The number of methoxy groups -OCH3 is 2. The Balaban J connectivity index is 1.48. The highest BCUT2D eigenvalue weighted by atomic mass is 16.5. The number of likely N-dealkylation sites (tertiary alicyclic amines) is 1. The minimum absolute atomic E-state index is 0.0771. The van der Waals surface area contributed by atoms with Gasteiger partial charge in [-0.3, -0.25) is 4.79 Å². The van der Waals surface area contributed by atoms with Gasteiger partial charge in [0.25, 0.3) is 0 Å². The Kier molecular flexibility index (Phi) is 13.5. The minimum atomic E-state index is -0.977. The molecule has 1 fully saturated rings. The Morgan fingerprint density at radius 2 is 1.29 bits per heavy atom. The molecule has 242 valence electrons. The number of aldehydes is 1. The molecule has 0 saturated carbocycles. The maximum Gasteiger partial charge on any atom is 0.222 e. The first kappa shape index (κ1) is 34.2. The van der Waals surface area contributed by atoms with Gasteiger partial charge in [0.05, 0.1) is 33.0 Å². The van der Waals surface area contributed by atoms with Crippen LogP contribution in [0.1, 0.15) is 87.3 Å². The van der Waals surface area contributed by atoms with E-state index in [0.29, 0.717) is 25.8 Å². The molecule has 0 bridgehead atoms. The van der Waals surface area contributed by atoms with Gasteiger partial charge < -0.3 is 29.0 Å². The van der Waals surface area contributed by atoms with Crippen molar-refractivity contribution in [1.82, 2.24) is 4.90 Å². The molecule has 45 heavy (non-hydrogen) atoms. The molecule has 1 aliphatic heterocycles. The summed E-state index contributed by atoms with van der Waals surface area (Å²) in [5.41, 5.74) is 1.84. The van der Waals surface area contributed by atoms with E-state index in [1.165, 1.54) is 6.42 Å². The zero-order valence-electron chi connectivity index (χ0n) is 26.9. The first-order chi connectivity index (χ1) is 22.0. The molecule has 1 saturated heterocycles. The van der Waals surface area contributed by atoms with Crippen molar-refractivity contribution in [2.24, 2.45) is 0 Å². The van der Waals surface area contributed by atoms with Crippen LogP contribution in [0, 0.1) is 0 Å². The fraction of sp³-hybridized carbons (Fsp3) is 0.474. The van der Waals surface area contributed by atoms with Crippen molar-refractivity contribution in [3.05, 3.63) is 95.6 Å².